The molecule has 0 spiro atoms. The molecule has 1 N–H and O–H groups in total. The van der Waals surface area contributed by atoms with Crippen LogP contribution in [0.4, 0.5) is 0 Å². The average molecular weight is 499 g/mol. The van der Waals surface area contributed by atoms with E-state index in [0.29, 0.717) is 11.5 Å². The fraction of sp³-hybridized carbons (Fsp3) is 0.538. The van der Waals surface area contributed by atoms with E-state index in [0.717, 1.165) is 31.2 Å². The summed E-state index contributed by atoms with van der Waals surface area (Å²) in [5.41, 5.74) is -0.277. The number of benzene rings is 1. The number of carbonyl (C=O) groups is 3. The van der Waals surface area contributed by atoms with Gasteiger partial charge in [0.1, 0.15) is 22.7 Å². The second-order valence-electron chi connectivity index (χ2n) is 9.57. The summed E-state index contributed by atoms with van der Waals surface area (Å²) < 4.78 is 17.1. The minimum absolute atomic E-state index is 0.0243. The Bertz CT molecular complexity index is 1140. The van der Waals surface area contributed by atoms with E-state index in [1.807, 2.05) is 6.07 Å². The van der Waals surface area contributed by atoms with Crippen LogP contribution in [-0.4, -0.2) is 65.4 Å². The van der Waals surface area contributed by atoms with Gasteiger partial charge in [0.25, 0.3) is 5.91 Å². The molecule has 1 aromatic heterocycles. The van der Waals surface area contributed by atoms with Crippen molar-refractivity contribution >= 4 is 17.8 Å². The van der Waals surface area contributed by atoms with Crippen molar-refractivity contribution in [1.29, 1.82) is 0 Å². The van der Waals surface area contributed by atoms with Gasteiger partial charge in [0.15, 0.2) is 5.69 Å². The summed E-state index contributed by atoms with van der Waals surface area (Å²) in [6.45, 7) is 1.97. The molecular weight excluding hydrogens is 464 g/mol. The van der Waals surface area contributed by atoms with Crippen molar-refractivity contribution in [3.8, 4) is 11.5 Å². The molecular formula is C26H34N4O6. The van der Waals surface area contributed by atoms with Crippen molar-refractivity contribution in [3.63, 3.8) is 0 Å². The molecule has 10 heteroatoms. The molecule has 2 aliphatic rings. The second kappa shape index (κ2) is 10.6. The van der Waals surface area contributed by atoms with Crippen LogP contribution in [-0.2, 0) is 22.6 Å². The van der Waals surface area contributed by atoms with E-state index in [4.69, 9.17) is 14.2 Å². The Hall–Kier alpha value is -3.56. The van der Waals surface area contributed by atoms with Crippen LogP contribution >= 0.6 is 0 Å². The van der Waals surface area contributed by atoms with Gasteiger partial charge in [-0.05, 0) is 31.9 Å². The Morgan fingerprint density at radius 1 is 1.08 bits per heavy atom. The summed E-state index contributed by atoms with van der Waals surface area (Å²) in [6.07, 6.45) is 6.30. The van der Waals surface area contributed by atoms with Crippen molar-refractivity contribution in [2.45, 2.75) is 70.1 Å². The number of hydrogen-bond acceptors (Lipinski definition) is 7. The largest absolute Gasteiger partial charge is 0.497 e. The summed E-state index contributed by atoms with van der Waals surface area (Å²) in [7, 11) is 4.37. The van der Waals surface area contributed by atoms with E-state index < -0.39 is 17.4 Å². The van der Waals surface area contributed by atoms with E-state index in [9.17, 15) is 14.4 Å². The number of carbonyl (C=O) groups excluding carboxylic acids is 3. The Balaban J connectivity index is 1.71. The number of hydrogen-bond donors (Lipinski definition) is 1. The minimum Gasteiger partial charge on any atom is -0.497 e. The number of ether oxygens (including phenoxy) is 3. The summed E-state index contributed by atoms with van der Waals surface area (Å²) in [5.74, 6) is -0.118. The van der Waals surface area contributed by atoms with Gasteiger partial charge in [0.05, 0.1) is 34.4 Å². The molecule has 0 bridgehead atoms. The third-order valence-corrected chi connectivity index (χ3v) is 7.19. The number of nitrogens with zero attached hydrogens (tertiary/aromatic N) is 3. The lowest BCUT2D eigenvalue weighted by molar-refractivity contribution is -0.134. The smallest absolute Gasteiger partial charge is 0.358 e. The Labute approximate surface area is 210 Å². The van der Waals surface area contributed by atoms with E-state index >= 15 is 0 Å². The van der Waals surface area contributed by atoms with Crippen LogP contribution in [0.2, 0.25) is 0 Å². The van der Waals surface area contributed by atoms with Gasteiger partial charge in [-0.2, -0.15) is 5.10 Å². The quantitative estimate of drug-likeness (QED) is 0.461. The summed E-state index contributed by atoms with van der Waals surface area (Å²) in [4.78, 5) is 41.3. The second-order valence-corrected chi connectivity index (χ2v) is 9.57. The molecule has 36 heavy (non-hydrogen) atoms. The Kier molecular flexibility index (Phi) is 7.51. The fourth-order valence-corrected chi connectivity index (χ4v) is 5.01. The van der Waals surface area contributed by atoms with E-state index in [1.54, 1.807) is 38.2 Å². The molecule has 4 rings (SSSR count). The zero-order valence-corrected chi connectivity index (χ0v) is 21.3. The van der Waals surface area contributed by atoms with E-state index in [2.05, 4.69) is 10.4 Å². The van der Waals surface area contributed by atoms with Crippen molar-refractivity contribution < 1.29 is 28.6 Å². The van der Waals surface area contributed by atoms with Gasteiger partial charge >= 0.3 is 5.97 Å². The van der Waals surface area contributed by atoms with Gasteiger partial charge in [0.2, 0.25) is 5.91 Å². The lowest BCUT2D eigenvalue weighted by Gasteiger charge is -2.44. The van der Waals surface area contributed by atoms with Crippen LogP contribution < -0.4 is 14.8 Å². The highest BCUT2D eigenvalue weighted by Crippen LogP contribution is 2.33. The predicted molar refractivity (Wildman–Crippen MR) is 131 cm³/mol. The molecule has 1 aliphatic carbocycles. The van der Waals surface area contributed by atoms with E-state index in [1.165, 1.54) is 30.7 Å². The lowest BCUT2D eigenvalue weighted by atomic mass is 9.93. The Morgan fingerprint density at radius 2 is 1.81 bits per heavy atom. The molecule has 1 atom stereocenters. The standard InChI is InChI=1S/C26H34N4O6/c1-26(25(33)27-18-9-7-5-6-8-10-18)16-30-21(14-20(28-30)24(32)36-4)23(31)29(26)15-17-11-12-19(34-2)13-22(17)35-3/h11-14,18H,5-10,15-16H2,1-4H3,(H,27,33). The highest BCUT2D eigenvalue weighted by atomic mass is 16.5. The van der Waals surface area contributed by atoms with Crippen LogP contribution in [0.5, 0.6) is 11.5 Å². The maximum atomic E-state index is 13.8. The van der Waals surface area contributed by atoms with Crippen molar-refractivity contribution in [1.82, 2.24) is 20.0 Å². The number of methoxy groups -OCH3 is 3. The van der Waals surface area contributed by atoms with Gasteiger partial charge in [-0.25, -0.2) is 4.79 Å². The molecule has 194 valence electrons. The maximum Gasteiger partial charge on any atom is 0.358 e. The molecule has 2 aromatic rings. The van der Waals surface area contributed by atoms with Crippen LogP contribution in [0, 0.1) is 0 Å². The number of fused-ring (bicyclic) bond motifs is 1. The van der Waals surface area contributed by atoms with Crippen LogP contribution in [0.1, 0.15) is 72.0 Å². The van der Waals surface area contributed by atoms with Crippen LogP contribution in [0.3, 0.4) is 0 Å². The maximum absolute atomic E-state index is 13.8. The van der Waals surface area contributed by atoms with Gasteiger partial charge in [-0.3, -0.25) is 14.3 Å². The van der Waals surface area contributed by atoms with Gasteiger partial charge in [0, 0.05) is 23.7 Å². The number of nitrogens with one attached hydrogen (secondary N) is 1. The third kappa shape index (κ3) is 4.89. The normalized spacial score (nSPS) is 20.3. The van der Waals surface area contributed by atoms with Gasteiger partial charge in [-0.1, -0.05) is 25.7 Å². The van der Waals surface area contributed by atoms with Crippen LogP contribution in [0.15, 0.2) is 24.3 Å². The lowest BCUT2D eigenvalue weighted by Crippen LogP contribution is -2.64. The molecule has 1 unspecified atom stereocenters. The summed E-state index contributed by atoms with van der Waals surface area (Å²) in [5, 5.41) is 7.49. The molecule has 2 heterocycles. The molecule has 0 saturated heterocycles. The highest BCUT2D eigenvalue weighted by molar-refractivity contribution is 6.01. The molecule has 1 aromatic carbocycles. The first-order valence-corrected chi connectivity index (χ1v) is 12.3. The summed E-state index contributed by atoms with van der Waals surface area (Å²) in [6, 6.07) is 6.82. The third-order valence-electron chi connectivity index (χ3n) is 7.19. The SMILES string of the molecule is COC(=O)c1cc2n(n1)CC(C)(C(=O)NC1CCCCCC1)N(Cc1ccc(OC)cc1OC)C2=O. The van der Waals surface area contributed by atoms with Crippen molar-refractivity contribution in [2.75, 3.05) is 21.3 Å². The fourth-order valence-electron chi connectivity index (χ4n) is 5.01. The molecule has 0 radical (unpaired) electrons. The van der Waals surface area contributed by atoms with Crippen molar-refractivity contribution in [2.24, 2.45) is 0 Å². The monoisotopic (exact) mass is 498 g/mol. The number of rotatable bonds is 7. The molecule has 2 amide bonds. The highest BCUT2D eigenvalue weighted by Gasteiger charge is 2.49. The van der Waals surface area contributed by atoms with E-state index in [-0.39, 0.29) is 36.4 Å². The Morgan fingerprint density at radius 3 is 2.44 bits per heavy atom. The molecule has 1 fully saturated rings. The average Bonchev–Trinajstić information content (AvgIpc) is 3.14. The molecule has 1 saturated carbocycles. The molecule has 1 aliphatic heterocycles. The first-order valence-electron chi connectivity index (χ1n) is 12.3. The number of aromatic nitrogens is 2. The number of esters is 1. The molecule has 10 nitrogen and oxygen atoms in total. The zero-order valence-electron chi connectivity index (χ0n) is 21.3. The zero-order chi connectivity index (χ0) is 25.9. The van der Waals surface area contributed by atoms with Gasteiger partial charge in [-0.15, -0.1) is 0 Å². The number of amides is 2. The first-order chi connectivity index (χ1) is 17.3. The minimum atomic E-state index is -1.25. The topological polar surface area (TPSA) is 112 Å². The predicted octanol–water partition coefficient (Wildman–Crippen LogP) is 2.94. The van der Waals surface area contributed by atoms with Crippen LogP contribution in [0.25, 0.3) is 0 Å². The van der Waals surface area contributed by atoms with Gasteiger partial charge < -0.3 is 24.4 Å². The van der Waals surface area contributed by atoms with Crippen molar-refractivity contribution in [3.05, 3.63) is 41.2 Å². The first kappa shape index (κ1) is 25.5. The summed E-state index contributed by atoms with van der Waals surface area (Å²) >= 11 is 0.